The monoisotopic (exact) mass is 327 g/mol. The predicted molar refractivity (Wildman–Crippen MR) is 90.8 cm³/mol. The maximum Gasteiger partial charge on any atom is 0.273 e. The fourth-order valence-corrected chi connectivity index (χ4v) is 3.04. The smallest absolute Gasteiger partial charge is 0.273 e. The minimum atomic E-state index is -0.378. The Morgan fingerprint density at radius 2 is 2.00 bits per heavy atom. The lowest BCUT2D eigenvalue weighted by Gasteiger charge is -2.30. The van der Waals surface area contributed by atoms with Gasteiger partial charge >= 0.3 is 0 Å². The van der Waals surface area contributed by atoms with Gasteiger partial charge in [-0.15, -0.1) is 0 Å². The van der Waals surface area contributed by atoms with Gasteiger partial charge in [0.25, 0.3) is 11.8 Å². The molecule has 0 saturated carbocycles. The van der Waals surface area contributed by atoms with Crippen LogP contribution in [0, 0.1) is 13.8 Å². The molecule has 0 atom stereocenters. The summed E-state index contributed by atoms with van der Waals surface area (Å²) >= 11 is 0. The minimum Gasteiger partial charge on any atom is -0.466 e. The largest absolute Gasteiger partial charge is 0.466 e. The van der Waals surface area contributed by atoms with Gasteiger partial charge in [0, 0.05) is 12.2 Å². The van der Waals surface area contributed by atoms with E-state index in [4.69, 9.17) is 4.42 Å². The van der Waals surface area contributed by atoms with Crippen LogP contribution in [0.1, 0.15) is 33.9 Å². The van der Waals surface area contributed by atoms with Gasteiger partial charge in [0.1, 0.15) is 11.5 Å². The highest BCUT2D eigenvalue weighted by molar-refractivity contribution is 5.96. The van der Waals surface area contributed by atoms with Gasteiger partial charge in [0.2, 0.25) is 0 Å². The number of para-hydroxylation sites is 1. The summed E-state index contributed by atoms with van der Waals surface area (Å²) in [5, 5.41) is 0. The average Bonchev–Trinajstić information content (AvgIpc) is 2.91. The average molecular weight is 327 g/mol. The third-order valence-electron chi connectivity index (χ3n) is 4.14. The molecule has 2 aromatic rings. The first-order chi connectivity index (χ1) is 11.5. The van der Waals surface area contributed by atoms with Gasteiger partial charge in [0.05, 0.1) is 12.1 Å². The number of furan rings is 1. The van der Waals surface area contributed by atoms with Crippen LogP contribution in [0.3, 0.4) is 0 Å². The highest BCUT2D eigenvalue weighted by Crippen LogP contribution is 2.26. The summed E-state index contributed by atoms with van der Waals surface area (Å²) in [6.07, 6.45) is 2.05. The van der Waals surface area contributed by atoms with Crippen molar-refractivity contribution >= 4 is 17.5 Å². The fourth-order valence-electron chi connectivity index (χ4n) is 3.04. The molecule has 1 aliphatic rings. The van der Waals surface area contributed by atoms with E-state index in [0.717, 1.165) is 25.1 Å². The SMILES string of the molecule is Cc1cc(C(=O)NNC(=O)CN2CCCc3ccccc32)c(C)o1. The van der Waals surface area contributed by atoms with E-state index in [1.807, 2.05) is 23.1 Å². The van der Waals surface area contributed by atoms with Crippen LogP contribution >= 0.6 is 0 Å². The number of amides is 2. The number of benzene rings is 1. The number of hydrogen-bond acceptors (Lipinski definition) is 4. The lowest BCUT2D eigenvalue weighted by atomic mass is 10.0. The van der Waals surface area contributed by atoms with Crippen molar-refractivity contribution in [1.82, 2.24) is 10.9 Å². The molecule has 0 saturated heterocycles. The maximum atomic E-state index is 12.2. The second kappa shape index (κ2) is 6.78. The molecule has 0 bridgehead atoms. The van der Waals surface area contributed by atoms with Gasteiger partial charge in [-0.25, -0.2) is 0 Å². The molecule has 0 unspecified atom stereocenters. The van der Waals surface area contributed by atoms with Gasteiger partial charge in [0.15, 0.2) is 0 Å². The number of hydrazine groups is 1. The van der Waals surface area contributed by atoms with E-state index in [9.17, 15) is 9.59 Å². The highest BCUT2D eigenvalue weighted by Gasteiger charge is 2.19. The molecule has 2 amide bonds. The molecule has 6 heteroatoms. The molecule has 0 radical (unpaired) electrons. The second-order valence-corrected chi connectivity index (χ2v) is 5.98. The summed E-state index contributed by atoms with van der Waals surface area (Å²) < 4.78 is 5.32. The van der Waals surface area contributed by atoms with Crippen molar-refractivity contribution in [2.24, 2.45) is 0 Å². The second-order valence-electron chi connectivity index (χ2n) is 5.98. The van der Waals surface area contributed by atoms with E-state index >= 15 is 0 Å². The van der Waals surface area contributed by atoms with Crippen LogP contribution in [0.15, 0.2) is 34.7 Å². The third-order valence-corrected chi connectivity index (χ3v) is 4.14. The number of carbonyl (C=O) groups is 2. The number of anilines is 1. The Kier molecular flexibility index (Phi) is 4.55. The Labute approximate surface area is 140 Å². The molecule has 0 aliphatic carbocycles. The number of carbonyl (C=O) groups excluding carboxylic acids is 2. The molecule has 126 valence electrons. The van der Waals surface area contributed by atoms with Crippen molar-refractivity contribution in [1.29, 1.82) is 0 Å². The van der Waals surface area contributed by atoms with Crippen LogP contribution in [0.25, 0.3) is 0 Å². The third kappa shape index (κ3) is 3.42. The van der Waals surface area contributed by atoms with Crippen LogP contribution < -0.4 is 15.8 Å². The fraction of sp³-hybridized carbons (Fsp3) is 0.333. The zero-order valence-electron chi connectivity index (χ0n) is 13.9. The predicted octanol–water partition coefficient (Wildman–Crippen LogP) is 2.11. The zero-order valence-corrected chi connectivity index (χ0v) is 13.9. The summed E-state index contributed by atoms with van der Waals surface area (Å²) in [4.78, 5) is 26.3. The number of nitrogens with zero attached hydrogens (tertiary/aromatic N) is 1. The van der Waals surface area contributed by atoms with E-state index in [0.29, 0.717) is 17.1 Å². The molecule has 3 rings (SSSR count). The first-order valence-electron chi connectivity index (χ1n) is 8.03. The maximum absolute atomic E-state index is 12.2. The minimum absolute atomic E-state index is 0.209. The Bertz CT molecular complexity index is 767. The summed E-state index contributed by atoms with van der Waals surface area (Å²) in [7, 11) is 0. The van der Waals surface area contributed by atoms with Crippen LogP contribution in [-0.4, -0.2) is 24.9 Å². The normalized spacial score (nSPS) is 13.3. The van der Waals surface area contributed by atoms with Crippen LogP contribution in [0.2, 0.25) is 0 Å². The lowest BCUT2D eigenvalue weighted by Crippen LogP contribution is -2.47. The van der Waals surface area contributed by atoms with E-state index < -0.39 is 0 Å². The summed E-state index contributed by atoms with van der Waals surface area (Å²) in [5.74, 6) is 0.563. The molecule has 0 fully saturated rings. The number of fused-ring (bicyclic) bond motifs is 1. The molecule has 2 heterocycles. The van der Waals surface area contributed by atoms with E-state index in [-0.39, 0.29) is 18.4 Å². The molecule has 6 nitrogen and oxygen atoms in total. The molecule has 24 heavy (non-hydrogen) atoms. The van der Waals surface area contributed by atoms with E-state index in [2.05, 4.69) is 16.9 Å². The van der Waals surface area contributed by atoms with Gasteiger partial charge in [-0.1, -0.05) is 18.2 Å². The molecule has 2 N–H and O–H groups in total. The Morgan fingerprint density at radius 3 is 2.75 bits per heavy atom. The Hall–Kier alpha value is -2.76. The standard InChI is InChI=1S/C18H21N3O3/c1-12-10-15(13(2)24-12)18(23)20-19-17(22)11-21-9-5-7-14-6-3-4-8-16(14)21/h3-4,6,8,10H,5,7,9,11H2,1-2H3,(H,19,22)(H,20,23). The van der Waals surface area contributed by atoms with Crippen molar-refractivity contribution in [3.8, 4) is 0 Å². The number of aryl methyl sites for hydroxylation is 3. The summed E-state index contributed by atoms with van der Waals surface area (Å²) in [6.45, 7) is 4.53. The molecular formula is C18H21N3O3. The van der Waals surface area contributed by atoms with Gasteiger partial charge in [-0.2, -0.15) is 0 Å². The summed E-state index contributed by atoms with van der Waals surface area (Å²) in [5.41, 5.74) is 7.69. The van der Waals surface area contributed by atoms with Crippen LogP contribution in [-0.2, 0) is 11.2 Å². The molecular weight excluding hydrogens is 306 g/mol. The Morgan fingerprint density at radius 1 is 1.21 bits per heavy atom. The summed E-state index contributed by atoms with van der Waals surface area (Å²) in [6, 6.07) is 9.75. The van der Waals surface area contributed by atoms with Gasteiger partial charge in [-0.3, -0.25) is 20.4 Å². The quantitative estimate of drug-likeness (QED) is 0.847. The number of rotatable bonds is 3. The molecule has 1 aromatic heterocycles. The molecule has 1 aliphatic heterocycles. The first-order valence-corrected chi connectivity index (χ1v) is 8.03. The highest BCUT2D eigenvalue weighted by atomic mass is 16.3. The van der Waals surface area contributed by atoms with Gasteiger partial charge in [-0.05, 0) is 44.4 Å². The number of hydrogen-bond donors (Lipinski definition) is 2. The van der Waals surface area contributed by atoms with E-state index in [1.165, 1.54) is 5.56 Å². The van der Waals surface area contributed by atoms with Crippen molar-refractivity contribution in [3.63, 3.8) is 0 Å². The molecule has 1 aromatic carbocycles. The zero-order chi connectivity index (χ0) is 17.1. The van der Waals surface area contributed by atoms with E-state index in [1.54, 1.807) is 19.9 Å². The van der Waals surface area contributed by atoms with Crippen LogP contribution in [0.5, 0.6) is 0 Å². The van der Waals surface area contributed by atoms with Crippen LogP contribution in [0.4, 0.5) is 5.69 Å². The van der Waals surface area contributed by atoms with Crippen molar-refractivity contribution in [2.45, 2.75) is 26.7 Å². The Balaban J connectivity index is 1.57. The number of nitrogens with one attached hydrogen (secondary N) is 2. The van der Waals surface area contributed by atoms with Crippen molar-refractivity contribution < 1.29 is 14.0 Å². The van der Waals surface area contributed by atoms with Crippen molar-refractivity contribution in [2.75, 3.05) is 18.0 Å². The topological polar surface area (TPSA) is 74.6 Å². The van der Waals surface area contributed by atoms with Gasteiger partial charge < -0.3 is 9.32 Å². The first kappa shape index (κ1) is 16.1. The lowest BCUT2D eigenvalue weighted by molar-refractivity contribution is -0.120. The molecule has 0 spiro atoms. The van der Waals surface area contributed by atoms with Crippen molar-refractivity contribution in [3.05, 3.63) is 53.0 Å².